The largest absolute Gasteiger partial charge is 0.460 e. The lowest BCUT2D eigenvalue weighted by atomic mass is 10.0. The maximum atomic E-state index is 13.8. The van der Waals surface area contributed by atoms with E-state index in [1.54, 1.807) is 13.8 Å². The monoisotopic (exact) mass is 250 g/mol. The summed E-state index contributed by atoms with van der Waals surface area (Å²) in [6.07, 6.45) is -0.779. The van der Waals surface area contributed by atoms with E-state index in [0.717, 1.165) is 5.56 Å². The van der Waals surface area contributed by atoms with Gasteiger partial charge in [-0.1, -0.05) is 36.9 Å². The van der Waals surface area contributed by atoms with Crippen molar-refractivity contribution < 1.29 is 13.9 Å². The Kier molecular flexibility index (Phi) is 5.56. The second-order valence-corrected chi connectivity index (χ2v) is 4.47. The summed E-state index contributed by atoms with van der Waals surface area (Å²) in [5.41, 5.74) is 0.949. The van der Waals surface area contributed by atoms with Crippen LogP contribution in [-0.2, 0) is 16.0 Å². The van der Waals surface area contributed by atoms with E-state index < -0.39 is 12.1 Å². The van der Waals surface area contributed by atoms with Gasteiger partial charge in [0, 0.05) is 0 Å². The van der Waals surface area contributed by atoms with Gasteiger partial charge in [0.05, 0.1) is 11.7 Å². The Labute approximate surface area is 107 Å². The summed E-state index contributed by atoms with van der Waals surface area (Å²) < 4.78 is 18.7. The fourth-order valence-electron chi connectivity index (χ4n) is 1.53. The number of alkyl halides is 1. The summed E-state index contributed by atoms with van der Waals surface area (Å²) in [5.74, 6) is -0.648. The van der Waals surface area contributed by atoms with E-state index >= 15 is 0 Å². The number of halogens is 1. The van der Waals surface area contributed by atoms with Crippen molar-refractivity contribution in [2.75, 3.05) is 0 Å². The first-order valence-electron chi connectivity index (χ1n) is 6.08. The summed E-state index contributed by atoms with van der Waals surface area (Å²) >= 11 is 0. The second-order valence-electron chi connectivity index (χ2n) is 4.47. The summed E-state index contributed by atoms with van der Waals surface area (Å²) in [6, 6.07) is 9.59. The fourth-order valence-corrected chi connectivity index (χ4v) is 1.53. The topological polar surface area (TPSA) is 26.3 Å². The van der Waals surface area contributed by atoms with Gasteiger partial charge in [0.1, 0.15) is 6.17 Å². The molecule has 0 aliphatic carbocycles. The van der Waals surface area contributed by atoms with E-state index in [1.165, 1.54) is 0 Å². The van der Waals surface area contributed by atoms with Crippen molar-refractivity contribution >= 4 is 5.97 Å². The van der Waals surface area contributed by atoms with Gasteiger partial charge in [-0.15, -0.1) is 0 Å². The van der Waals surface area contributed by atoms with E-state index in [4.69, 9.17) is 4.74 Å². The highest BCUT2D eigenvalue weighted by atomic mass is 19.1. The van der Waals surface area contributed by atoms with Crippen molar-refractivity contribution in [1.82, 2.24) is 0 Å². The quantitative estimate of drug-likeness (QED) is 0.571. The average Bonchev–Trinajstić information content (AvgIpc) is 2.35. The molecular formula is C15H19FO2. The zero-order valence-corrected chi connectivity index (χ0v) is 10.9. The van der Waals surface area contributed by atoms with E-state index in [2.05, 4.69) is 6.58 Å². The first-order valence-corrected chi connectivity index (χ1v) is 6.08. The molecule has 0 saturated carbocycles. The molecule has 0 fully saturated rings. The average molecular weight is 250 g/mol. The molecule has 0 aliphatic heterocycles. The molecule has 0 radical (unpaired) electrons. The van der Waals surface area contributed by atoms with Crippen molar-refractivity contribution in [3.8, 4) is 0 Å². The van der Waals surface area contributed by atoms with Crippen LogP contribution in [0.3, 0.4) is 0 Å². The van der Waals surface area contributed by atoms with Crippen molar-refractivity contribution in [2.45, 2.75) is 39.0 Å². The van der Waals surface area contributed by atoms with Gasteiger partial charge in [-0.2, -0.15) is 0 Å². The van der Waals surface area contributed by atoms with Crippen LogP contribution in [0.1, 0.15) is 25.8 Å². The van der Waals surface area contributed by atoms with Crippen LogP contribution in [0.15, 0.2) is 42.5 Å². The summed E-state index contributed by atoms with van der Waals surface area (Å²) in [5, 5.41) is 0. The molecule has 1 rings (SSSR count). The highest BCUT2D eigenvalue weighted by molar-refractivity contribution is 5.88. The Balaban J connectivity index is 2.43. The minimum atomic E-state index is -1.35. The normalized spacial score (nSPS) is 12.2. The summed E-state index contributed by atoms with van der Waals surface area (Å²) in [6.45, 7) is 6.92. The van der Waals surface area contributed by atoms with Crippen molar-refractivity contribution in [1.29, 1.82) is 0 Å². The van der Waals surface area contributed by atoms with Crippen LogP contribution >= 0.6 is 0 Å². The number of aryl methyl sites for hydroxylation is 1. The third kappa shape index (κ3) is 4.70. The maximum absolute atomic E-state index is 13.8. The molecule has 1 atom stereocenters. The Hall–Kier alpha value is -1.64. The van der Waals surface area contributed by atoms with Gasteiger partial charge >= 0.3 is 5.97 Å². The number of ether oxygens (including phenoxy) is 1. The number of esters is 1. The van der Waals surface area contributed by atoms with Gasteiger partial charge < -0.3 is 4.74 Å². The molecule has 0 heterocycles. The molecule has 18 heavy (non-hydrogen) atoms. The molecule has 2 nitrogen and oxygen atoms in total. The van der Waals surface area contributed by atoms with Crippen LogP contribution in [0.25, 0.3) is 0 Å². The number of hydrogen-bond acceptors (Lipinski definition) is 2. The third-order valence-corrected chi connectivity index (χ3v) is 2.51. The van der Waals surface area contributed by atoms with E-state index in [1.807, 2.05) is 30.3 Å². The summed E-state index contributed by atoms with van der Waals surface area (Å²) in [7, 11) is 0. The van der Waals surface area contributed by atoms with Gasteiger partial charge in [-0.05, 0) is 32.3 Å². The molecular weight excluding hydrogens is 231 g/mol. The van der Waals surface area contributed by atoms with Crippen molar-refractivity contribution in [3.63, 3.8) is 0 Å². The second kappa shape index (κ2) is 6.94. The van der Waals surface area contributed by atoms with E-state index in [-0.39, 0.29) is 18.1 Å². The first kappa shape index (κ1) is 14.4. The molecule has 0 aliphatic rings. The standard InChI is InChI=1S/C15H19FO2/c1-11(2)18-15(17)12(3)14(16)10-9-13-7-5-4-6-8-13/h4-8,11,14H,3,9-10H2,1-2H3. The van der Waals surface area contributed by atoms with Crippen LogP contribution in [-0.4, -0.2) is 18.2 Å². The molecule has 1 unspecified atom stereocenters. The lowest BCUT2D eigenvalue weighted by Gasteiger charge is -2.13. The Morgan fingerprint density at radius 3 is 2.50 bits per heavy atom. The van der Waals surface area contributed by atoms with E-state index in [9.17, 15) is 9.18 Å². The Bertz CT molecular complexity index is 398. The Morgan fingerprint density at radius 2 is 1.94 bits per heavy atom. The molecule has 1 aromatic carbocycles. The third-order valence-electron chi connectivity index (χ3n) is 2.51. The predicted molar refractivity (Wildman–Crippen MR) is 70.0 cm³/mol. The number of carbonyl (C=O) groups is 1. The number of rotatable bonds is 6. The van der Waals surface area contributed by atoms with Crippen LogP contribution in [0.4, 0.5) is 4.39 Å². The minimum absolute atomic E-state index is 0.0976. The molecule has 0 bridgehead atoms. The highest BCUT2D eigenvalue weighted by Gasteiger charge is 2.20. The molecule has 3 heteroatoms. The highest BCUT2D eigenvalue weighted by Crippen LogP contribution is 2.15. The van der Waals surface area contributed by atoms with Crippen molar-refractivity contribution in [3.05, 3.63) is 48.0 Å². The van der Waals surface area contributed by atoms with Crippen LogP contribution in [0.5, 0.6) is 0 Å². The molecule has 1 aromatic rings. The lowest BCUT2D eigenvalue weighted by molar-refractivity contribution is -0.143. The predicted octanol–water partition coefficient (Wildman–Crippen LogP) is 3.47. The zero-order valence-electron chi connectivity index (χ0n) is 10.9. The fraction of sp³-hybridized carbons (Fsp3) is 0.400. The molecule has 0 amide bonds. The van der Waals surface area contributed by atoms with Crippen molar-refractivity contribution in [2.24, 2.45) is 0 Å². The molecule has 0 spiro atoms. The SMILES string of the molecule is C=C(C(=O)OC(C)C)C(F)CCc1ccccc1. The first-order chi connectivity index (χ1) is 8.50. The molecule has 0 saturated heterocycles. The molecule has 0 aromatic heterocycles. The molecule has 98 valence electrons. The van der Waals surface area contributed by atoms with E-state index in [0.29, 0.717) is 6.42 Å². The van der Waals surface area contributed by atoms with Gasteiger partial charge in [0.15, 0.2) is 0 Å². The minimum Gasteiger partial charge on any atom is -0.460 e. The summed E-state index contributed by atoms with van der Waals surface area (Å²) in [4.78, 5) is 11.4. The maximum Gasteiger partial charge on any atom is 0.336 e. The van der Waals surface area contributed by atoms with Gasteiger partial charge in [-0.25, -0.2) is 9.18 Å². The number of hydrogen-bond donors (Lipinski definition) is 0. The molecule has 0 N–H and O–H groups in total. The van der Waals surface area contributed by atoms with Crippen LogP contribution in [0.2, 0.25) is 0 Å². The van der Waals surface area contributed by atoms with Gasteiger partial charge in [0.25, 0.3) is 0 Å². The number of benzene rings is 1. The lowest BCUT2D eigenvalue weighted by Crippen LogP contribution is -2.19. The zero-order chi connectivity index (χ0) is 13.5. The number of carbonyl (C=O) groups excluding carboxylic acids is 1. The van der Waals surface area contributed by atoms with Crippen LogP contribution < -0.4 is 0 Å². The van der Waals surface area contributed by atoms with Gasteiger partial charge in [0.2, 0.25) is 0 Å². The van der Waals surface area contributed by atoms with Crippen LogP contribution in [0, 0.1) is 0 Å². The van der Waals surface area contributed by atoms with Gasteiger partial charge in [-0.3, -0.25) is 0 Å². The smallest absolute Gasteiger partial charge is 0.336 e. The Morgan fingerprint density at radius 1 is 1.33 bits per heavy atom.